The van der Waals surface area contributed by atoms with E-state index in [-0.39, 0.29) is 24.5 Å². The third-order valence-electron chi connectivity index (χ3n) is 7.02. The molecule has 1 aliphatic heterocycles. The van der Waals surface area contributed by atoms with Crippen molar-refractivity contribution in [2.75, 3.05) is 6.61 Å². The van der Waals surface area contributed by atoms with Gasteiger partial charge in [0.1, 0.15) is 6.33 Å². The number of amides is 1. The van der Waals surface area contributed by atoms with Crippen molar-refractivity contribution in [1.82, 2.24) is 15.0 Å². The van der Waals surface area contributed by atoms with Crippen LogP contribution in [0.3, 0.4) is 0 Å². The zero-order chi connectivity index (χ0) is 26.1. The SMILES string of the molecule is O=C(COc1ncnc2ccccc12)N1N=C2/C(=C\c3ccc(Cl)cc3)CCC[C@H]2[C@H]1c1ccc(Cl)cc1. The molecule has 1 saturated carbocycles. The number of carbonyl (C=O) groups excluding carboxylic acids is 1. The average molecular weight is 543 g/mol. The highest BCUT2D eigenvalue weighted by Gasteiger charge is 2.43. The Hall–Kier alpha value is -3.74. The number of para-hydroxylation sites is 1. The van der Waals surface area contributed by atoms with E-state index < -0.39 is 0 Å². The lowest BCUT2D eigenvalue weighted by Crippen LogP contribution is -2.34. The molecule has 38 heavy (non-hydrogen) atoms. The van der Waals surface area contributed by atoms with Gasteiger partial charge in [-0.05, 0) is 78.4 Å². The molecule has 0 bridgehead atoms. The first-order chi connectivity index (χ1) is 18.6. The van der Waals surface area contributed by atoms with Crippen molar-refractivity contribution >= 4 is 51.8 Å². The van der Waals surface area contributed by atoms with Gasteiger partial charge in [0, 0.05) is 16.0 Å². The number of allylic oxidation sites excluding steroid dienone is 1. The maximum atomic E-state index is 13.6. The molecule has 1 aromatic heterocycles. The van der Waals surface area contributed by atoms with Crippen LogP contribution in [-0.4, -0.2) is 33.2 Å². The summed E-state index contributed by atoms with van der Waals surface area (Å²) in [4.78, 5) is 22.2. The lowest BCUT2D eigenvalue weighted by atomic mass is 9.77. The summed E-state index contributed by atoms with van der Waals surface area (Å²) in [5.41, 5.74) is 4.90. The van der Waals surface area contributed by atoms with Crippen LogP contribution in [0.4, 0.5) is 0 Å². The molecule has 1 fully saturated rings. The number of hydrazone groups is 1. The number of halogens is 2. The van der Waals surface area contributed by atoms with Crippen molar-refractivity contribution in [2.24, 2.45) is 11.0 Å². The molecule has 2 aliphatic rings. The van der Waals surface area contributed by atoms with E-state index in [0.717, 1.165) is 52.6 Å². The van der Waals surface area contributed by atoms with Crippen LogP contribution in [-0.2, 0) is 4.79 Å². The Morgan fingerprint density at radius 3 is 2.50 bits per heavy atom. The molecule has 8 heteroatoms. The second kappa shape index (κ2) is 10.6. The monoisotopic (exact) mass is 542 g/mol. The summed E-state index contributed by atoms with van der Waals surface area (Å²) < 4.78 is 5.92. The molecule has 1 amide bonds. The zero-order valence-corrected chi connectivity index (χ0v) is 21.9. The Morgan fingerprint density at radius 1 is 0.974 bits per heavy atom. The van der Waals surface area contributed by atoms with Gasteiger partial charge in [-0.1, -0.05) is 59.6 Å². The molecule has 0 radical (unpaired) electrons. The van der Waals surface area contributed by atoms with Gasteiger partial charge in [-0.15, -0.1) is 0 Å². The van der Waals surface area contributed by atoms with Crippen LogP contribution < -0.4 is 4.74 Å². The minimum Gasteiger partial charge on any atom is -0.467 e. The van der Waals surface area contributed by atoms with Crippen LogP contribution in [0.15, 0.2) is 89.8 Å². The van der Waals surface area contributed by atoms with Gasteiger partial charge in [0.05, 0.1) is 22.7 Å². The van der Waals surface area contributed by atoms with Gasteiger partial charge < -0.3 is 4.74 Å². The van der Waals surface area contributed by atoms with Gasteiger partial charge in [0.15, 0.2) is 6.61 Å². The van der Waals surface area contributed by atoms with E-state index in [9.17, 15) is 4.79 Å². The van der Waals surface area contributed by atoms with Gasteiger partial charge in [0.2, 0.25) is 5.88 Å². The Labute approximate surface area is 230 Å². The van der Waals surface area contributed by atoms with Crippen molar-refractivity contribution in [3.8, 4) is 5.88 Å². The second-order valence-corrected chi connectivity index (χ2v) is 10.3. The summed E-state index contributed by atoms with van der Waals surface area (Å²) in [6.45, 7) is -0.190. The first-order valence-electron chi connectivity index (χ1n) is 12.5. The highest BCUT2D eigenvalue weighted by atomic mass is 35.5. The average Bonchev–Trinajstić information content (AvgIpc) is 3.34. The van der Waals surface area contributed by atoms with Crippen LogP contribution in [0.1, 0.15) is 36.4 Å². The van der Waals surface area contributed by atoms with Crippen LogP contribution >= 0.6 is 23.2 Å². The first-order valence-corrected chi connectivity index (χ1v) is 13.3. The molecule has 4 aromatic rings. The summed E-state index contributed by atoms with van der Waals surface area (Å²) in [6.07, 6.45) is 6.44. The third-order valence-corrected chi connectivity index (χ3v) is 7.52. The van der Waals surface area contributed by atoms with Crippen molar-refractivity contribution in [2.45, 2.75) is 25.3 Å². The molecule has 0 unspecified atom stereocenters. The van der Waals surface area contributed by atoms with E-state index in [1.807, 2.05) is 72.8 Å². The molecule has 6 nitrogen and oxygen atoms in total. The molecule has 1 aliphatic carbocycles. The van der Waals surface area contributed by atoms with Crippen LogP contribution in [0.25, 0.3) is 17.0 Å². The Morgan fingerprint density at radius 2 is 1.71 bits per heavy atom. The number of benzene rings is 3. The molecule has 3 aromatic carbocycles. The summed E-state index contributed by atoms with van der Waals surface area (Å²) in [7, 11) is 0. The summed E-state index contributed by atoms with van der Waals surface area (Å²) in [6, 6.07) is 22.7. The smallest absolute Gasteiger partial charge is 0.281 e. The number of hydrogen-bond donors (Lipinski definition) is 0. The maximum Gasteiger partial charge on any atom is 0.281 e. The number of nitrogens with zero attached hydrogens (tertiary/aromatic N) is 4. The molecule has 0 N–H and O–H groups in total. The molecular weight excluding hydrogens is 519 g/mol. The molecule has 0 saturated heterocycles. The van der Waals surface area contributed by atoms with Crippen LogP contribution in [0.2, 0.25) is 10.0 Å². The topological polar surface area (TPSA) is 67.7 Å². The molecule has 190 valence electrons. The number of hydrogen-bond acceptors (Lipinski definition) is 5. The summed E-state index contributed by atoms with van der Waals surface area (Å²) >= 11 is 12.3. The lowest BCUT2D eigenvalue weighted by Gasteiger charge is -2.29. The van der Waals surface area contributed by atoms with E-state index in [1.54, 1.807) is 5.01 Å². The van der Waals surface area contributed by atoms with Gasteiger partial charge in [-0.2, -0.15) is 5.10 Å². The standard InChI is InChI=1S/C30H24Cl2N4O2/c31-22-12-8-19(9-13-22)16-21-4-3-6-25-28(21)35-36(29(25)20-10-14-23(32)15-11-20)27(37)17-38-30-24-5-1-2-7-26(24)33-18-34-30/h1-2,5,7-16,18,25,29H,3-4,6,17H2/b21-16-/t25-,29-/m1/s1. The van der Waals surface area contributed by atoms with Crippen LogP contribution in [0, 0.1) is 5.92 Å². The van der Waals surface area contributed by atoms with Gasteiger partial charge >= 0.3 is 0 Å². The number of fused-ring (bicyclic) bond motifs is 2. The molecule has 0 spiro atoms. The molecular formula is C30H24Cl2N4O2. The molecule has 2 atom stereocenters. The Balaban J connectivity index is 1.32. The Kier molecular flexibility index (Phi) is 6.83. The molecule has 6 rings (SSSR count). The van der Waals surface area contributed by atoms with E-state index in [4.69, 9.17) is 33.0 Å². The minimum absolute atomic E-state index is 0.0762. The van der Waals surface area contributed by atoms with Crippen molar-refractivity contribution in [3.05, 3.63) is 106 Å². The number of carbonyl (C=O) groups is 1. The van der Waals surface area contributed by atoms with Gasteiger partial charge in [-0.25, -0.2) is 15.0 Å². The number of ether oxygens (including phenoxy) is 1. The maximum absolute atomic E-state index is 13.6. The van der Waals surface area contributed by atoms with Crippen molar-refractivity contribution < 1.29 is 9.53 Å². The number of aromatic nitrogens is 2. The van der Waals surface area contributed by atoms with Gasteiger partial charge in [0.25, 0.3) is 5.91 Å². The summed E-state index contributed by atoms with van der Waals surface area (Å²) in [5.74, 6) is 0.215. The number of rotatable bonds is 5. The zero-order valence-electron chi connectivity index (χ0n) is 20.4. The van der Waals surface area contributed by atoms with Gasteiger partial charge in [-0.3, -0.25) is 4.79 Å². The normalized spacial score (nSPS) is 19.9. The fourth-order valence-electron chi connectivity index (χ4n) is 5.25. The quantitative estimate of drug-likeness (QED) is 0.268. The van der Waals surface area contributed by atoms with E-state index in [1.165, 1.54) is 6.33 Å². The fraction of sp³-hybridized carbons (Fsp3) is 0.200. The van der Waals surface area contributed by atoms with E-state index in [0.29, 0.717) is 15.9 Å². The highest BCUT2D eigenvalue weighted by Crippen LogP contribution is 2.44. The van der Waals surface area contributed by atoms with E-state index in [2.05, 4.69) is 16.0 Å². The lowest BCUT2D eigenvalue weighted by molar-refractivity contribution is -0.135. The highest BCUT2D eigenvalue weighted by molar-refractivity contribution is 6.30. The van der Waals surface area contributed by atoms with Crippen molar-refractivity contribution in [1.29, 1.82) is 0 Å². The third kappa shape index (κ3) is 4.89. The predicted molar refractivity (Wildman–Crippen MR) is 150 cm³/mol. The second-order valence-electron chi connectivity index (χ2n) is 9.42. The minimum atomic E-state index is -0.241. The fourth-order valence-corrected chi connectivity index (χ4v) is 5.50. The predicted octanol–water partition coefficient (Wildman–Crippen LogP) is 7.14. The molecule has 2 heterocycles. The largest absolute Gasteiger partial charge is 0.467 e. The van der Waals surface area contributed by atoms with Crippen LogP contribution in [0.5, 0.6) is 5.88 Å². The Bertz CT molecular complexity index is 1550. The summed E-state index contributed by atoms with van der Waals surface area (Å²) in [5, 5.41) is 8.61. The first kappa shape index (κ1) is 24.6. The van der Waals surface area contributed by atoms with E-state index >= 15 is 0 Å². The van der Waals surface area contributed by atoms with Crippen molar-refractivity contribution in [3.63, 3.8) is 0 Å².